The molecule has 4 heterocycles. The van der Waals surface area contributed by atoms with Gasteiger partial charge in [-0.05, 0) is 12.1 Å². The number of aromatic amines is 1. The Balaban J connectivity index is 1.62. The number of pyridine rings is 1. The fourth-order valence-corrected chi connectivity index (χ4v) is 3.35. The quantitative estimate of drug-likeness (QED) is 0.554. The molecule has 28 heavy (non-hydrogen) atoms. The smallest absolute Gasteiger partial charge is 0.267 e. The normalized spacial score (nSPS) is 17.2. The number of anilines is 1. The van der Waals surface area contributed by atoms with Gasteiger partial charge in [0.15, 0.2) is 5.65 Å². The summed E-state index contributed by atoms with van der Waals surface area (Å²) in [5.74, 6) is 0.417. The topological polar surface area (TPSA) is 107 Å². The van der Waals surface area contributed by atoms with E-state index in [2.05, 4.69) is 25.5 Å². The fourth-order valence-electron chi connectivity index (χ4n) is 3.35. The minimum atomic E-state index is -0.184. The third-order valence-electron chi connectivity index (χ3n) is 4.70. The molecule has 0 radical (unpaired) electrons. The van der Waals surface area contributed by atoms with Crippen molar-refractivity contribution in [1.82, 2.24) is 24.7 Å². The van der Waals surface area contributed by atoms with Gasteiger partial charge in [0.1, 0.15) is 5.52 Å². The minimum Gasteiger partial charge on any atom is -0.376 e. The molecule has 2 N–H and O–H groups in total. The molecule has 0 amide bonds. The van der Waals surface area contributed by atoms with Crippen molar-refractivity contribution in [3.05, 3.63) is 53.1 Å². The molecule has 5 rings (SSSR count). The summed E-state index contributed by atoms with van der Waals surface area (Å²) in [4.78, 5) is 22.1. The van der Waals surface area contributed by atoms with Crippen LogP contribution in [0.5, 0.6) is 0 Å². The number of benzene rings is 1. The van der Waals surface area contributed by atoms with Crippen LogP contribution >= 0.6 is 0 Å². The molecule has 1 aliphatic heterocycles. The van der Waals surface area contributed by atoms with Crippen molar-refractivity contribution < 1.29 is 9.47 Å². The van der Waals surface area contributed by atoms with E-state index in [1.807, 2.05) is 30.3 Å². The van der Waals surface area contributed by atoms with Crippen molar-refractivity contribution in [1.29, 1.82) is 0 Å². The Morgan fingerprint density at radius 1 is 1.21 bits per heavy atom. The Kier molecular flexibility index (Phi) is 4.22. The summed E-state index contributed by atoms with van der Waals surface area (Å²) in [6.07, 6.45) is 3.23. The highest BCUT2D eigenvalue weighted by molar-refractivity contribution is 6.02. The van der Waals surface area contributed by atoms with E-state index in [9.17, 15) is 4.79 Å². The second-order valence-corrected chi connectivity index (χ2v) is 6.50. The minimum absolute atomic E-state index is 0.0572. The van der Waals surface area contributed by atoms with Crippen LogP contribution in [0.1, 0.15) is 0 Å². The van der Waals surface area contributed by atoms with Crippen LogP contribution in [0.4, 0.5) is 5.95 Å². The molecule has 4 aromatic rings. The van der Waals surface area contributed by atoms with E-state index < -0.39 is 0 Å². The first-order chi connectivity index (χ1) is 13.8. The summed E-state index contributed by atoms with van der Waals surface area (Å²) in [5.41, 5.74) is 1.60. The van der Waals surface area contributed by atoms with E-state index in [1.165, 1.54) is 0 Å². The zero-order valence-corrected chi connectivity index (χ0v) is 15.0. The molecule has 0 bridgehead atoms. The van der Waals surface area contributed by atoms with Gasteiger partial charge >= 0.3 is 0 Å². The molecule has 142 valence electrons. The summed E-state index contributed by atoms with van der Waals surface area (Å²) in [7, 11) is 0. The molecule has 0 aliphatic carbocycles. The number of hydrogen-bond donors (Lipinski definition) is 2. The lowest BCUT2D eigenvalue weighted by Gasteiger charge is -2.23. The molecule has 1 unspecified atom stereocenters. The molecular weight excluding hydrogens is 360 g/mol. The number of hydrogen-bond acceptors (Lipinski definition) is 7. The predicted molar refractivity (Wildman–Crippen MR) is 104 cm³/mol. The van der Waals surface area contributed by atoms with Crippen molar-refractivity contribution in [3.8, 4) is 5.69 Å². The summed E-state index contributed by atoms with van der Waals surface area (Å²) in [6.45, 7) is 2.25. The second-order valence-electron chi connectivity index (χ2n) is 6.50. The Hall–Kier alpha value is -3.30. The van der Waals surface area contributed by atoms with Gasteiger partial charge < -0.3 is 14.8 Å². The van der Waals surface area contributed by atoms with E-state index in [4.69, 9.17) is 9.47 Å². The first-order valence-corrected chi connectivity index (χ1v) is 9.05. The van der Waals surface area contributed by atoms with Crippen LogP contribution in [0.2, 0.25) is 0 Å². The first kappa shape index (κ1) is 16.8. The van der Waals surface area contributed by atoms with Crippen LogP contribution in [0.15, 0.2) is 47.5 Å². The number of ether oxygens (including phenoxy) is 2. The third kappa shape index (κ3) is 2.90. The van der Waals surface area contributed by atoms with E-state index in [-0.39, 0.29) is 11.7 Å². The number of fused-ring (bicyclic) bond motifs is 3. The molecule has 1 aliphatic rings. The average molecular weight is 378 g/mol. The van der Waals surface area contributed by atoms with Gasteiger partial charge in [0.25, 0.3) is 5.56 Å². The van der Waals surface area contributed by atoms with Crippen LogP contribution in [0.3, 0.4) is 0 Å². The fraction of sp³-hybridized carbons (Fsp3) is 0.263. The van der Waals surface area contributed by atoms with Crippen LogP contribution in [-0.2, 0) is 9.47 Å². The summed E-state index contributed by atoms with van der Waals surface area (Å²) < 4.78 is 12.6. The molecule has 1 atom stereocenters. The van der Waals surface area contributed by atoms with E-state index >= 15 is 0 Å². The van der Waals surface area contributed by atoms with Gasteiger partial charge in [-0.25, -0.2) is 4.98 Å². The van der Waals surface area contributed by atoms with Gasteiger partial charge in [0.2, 0.25) is 5.95 Å². The highest BCUT2D eigenvalue weighted by Crippen LogP contribution is 2.22. The Bertz CT molecular complexity index is 1180. The van der Waals surface area contributed by atoms with Gasteiger partial charge in [0, 0.05) is 18.9 Å². The highest BCUT2D eigenvalue weighted by Gasteiger charge is 2.18. The number of nitrogens with zero attached hydrogens (tertiary/aromatic N) is 4. The molecule has 9 heteroatoms. The van der Waals surface area contributed by atoms with Crippen LogP contribution in [0, 0.1) is 0 Å². The summed E-state index contributed by atoms with van der Waals surface area (Å²) >= 11 is 0. The first-order valence-electron chi connectivity index (χ1n) is 9.05. The summed E-state index contributed by atoms with van der Waals surface area (Å²) in [6, 6.07) is 9.41. The van der Waals surface area contributed by atoms with Gasteiger partial charge in [-0.1, -0.05) is 18.2 Å². The molecule has 0 saturated carbocycles. The molecule has 1 aromatic carbocycles. The Morgan fingerprint density at radius 3 is 2.93 bits per heavy atom. The zero-order chi connectivity index (χ0) is 18.9. The third-order valence-corrected chi connectivity index (χ3v) is 4.70. The van der Waals surface area contributed by atoms with Crippen molar-refractivity contribution in [2.45, 2.75) is 6.10 Å². The van der Waals surface area contributed by atoms with Gasteiger partial charge in [-0.15, -0.1) is 0 Å². The molecule has 0 spiro atoms. The van der Waals surface area contributed by atoms with Gasteiger partial charge in [-0.3, -0.25) is 14.5 Å². The summed E-state index contributed by atoms with van der Waals surface area (Å²) in [5, 5.41) is 11.3. The Morgan fingerprint density at radius 2 is 2.11 bits per heavy atom. The lowest BCUT2D eigenvalue weighted by molar-refractivity contribution is -0.0819. The maximum absolute atomic E-state index is 13.1. The van der Waals surface area contributed by atoms with Crippen molar-refractivity contribution in [2.75, 3.05) is 31.7 Å². The lowest BCUT2D eigenvalue weighted by atomic mass is 10.2. The predicted octanol–water partition coefficient (Wildman–Crippen LogP) is 1.48. The monoisotopic (exact) mass is 378 g/mol. The van der Waals surface area contributed by atoms with Crippen LogP contribution in [-0.4, -0.2) is 57.2 Å². The molecule has 3 aromatic heterocycles. The number of para-hydroxylation sites is 1. The van der Waals surface area contributed by atoms with Crippen LogP contribution in [0.25, 0.3) is 27.6 Å². The largest absolute Gasteiger partial charge is 0.376 e. The van der Waals surface area contributed by atoms with Crippen molar-refractivity contribution in [2.24, 2.45) is 0 Å². The lowest BCUT2D eigenvalue weighted by Crippen LogP contribution is -2.34. The maximum atomic E-state index is 13.1. The maximum Gasteiger partial charge on any atom is 0.267 e. The van der Waals surface area contributed by atoms with E-state index in [1.54, 1.807) is 17.0 Å². The SMILES string of the molecule is O=c1c2c[nH]nc2c2cnc(NCC3COCCO3)nc2n1-c1ccccc1. The number of rotatable bonds is 4. The van der Waals surface area contributed by atoms with E-state index in [0.29, 0.717) is 54.3 Å². The molecule has 9 nitrogen and oxygen atoms in total. The Labute approximate surface area is 159 Å². The van der Waals surface area contributed by atoms with Crippen molar-refractivity contribution in [3.63, 3.8) is 0 Å². The van der Waals surface area contributed by atoms with E-state index in [0.717, 1.165) is 5.69 Å². The number of nitrogens with one attached hydrogen (secondary N) is 2. The molecular formula is C19H18N6O3. The zero-order valence-electron chi connectivity index (χ0n) is 15.0. The average Bonchev–Trinajstić information content (AvgIpc) is 3.24. The molecule has 1 saturated heterocycles. The van der Waals surface area contributed by atoms with Crippen molar-refractivity contribution >= 4 is 27.9 Å². The number of aromatic nitrogens is 5. The number of H-pyrrole nitrogens is 1. The molecule has 1 fully saturated rings. The van der Waals surface area contributed by atoms with Gasteiger partial charge in [0.05, 0.1) is 42.4 Å². The second kappa shape index (κ2) is 7.02. The van der Waals surface area contributed by atoms with Crippen LogP contribution < -0.4 is 10.9 Å². The standard InChI is InChI=1S/C19H18N6O3/c26-18-15-10-22-24-16(15)14-9-21-19(20-8-13-11-27-6-7-28-13)23-17(14)25(18)12-4-2-1-3-5-12/h1-5,9-10,13H,6-8,11H2,(H,22,24)(H,20,21,23). The highest BCUT2D eigenvalue weighted by atomic mass is 16.6. The van der Waals surface area contributed by atoms with Gasteiger partial charge in [-0.2, -0.15) is 10.1 Å².